The molecule has 0 unspecified atom stereocenters. The highest BCUT2D eigenvalue weighted by atomic mass is 16.2. The van der Waals surface area contributed by atoms with Gasteiger partial charge in [-0.25, -0.2) is 0 Å². The number of hydrogen-bond donors (Lipinski definition) is 1. The maximum absolute atomic E-state index is 12.2. The zero-order valence-corrected chi connectivity index (χ0v) is 11.0. The second-order valence-electron chi connectivity index (χ2n) is 4.17. The number of nitrogens with zero attached hydrogens (tertiary/aromatic N) is 1. The Morgan fingerprint density at radius 3 is 2.67 bits per heavy atom. The third kappa shape index (κ3) is 3.05. The van der Waals surface area contributed by atoms with E-state index < -0.39 is 0 Å². The van der Waals surface area contributed by atoms with E-state index in [-0.39, 0.29) is 5.91 Å². The Labute approximate surface area is 107 Å². The van der Waals surface area contributed by atoms with Gasteiger partial charge in [0.05, 0.1) is 5.56 Å². The molecule has 0 atom stereocenters. The number of allylic oxidation sites excluding steroid dienone is 1. The molecule has 0 fully saturated rings. The van der Waals surface area contributed by atoms with Crippen molar-refractivity contribution in [1.82, 2.24) is 10.2 Å². The topological polar surface area (TPSA) is 49.4 Å². The molecule has 4 heteroatoms. The fourth-order valence-corrected chi connectivity index (χ4v) is 1.56. The van der Waals surface area contributed by atoms with E-state index in [9.17, 15) is 9.59 Å². The molecule has 0 aliphatic rings. The van der Waals surface area contributed by atoms with Gasteiger partial charge in [0.15, 0.2) is 6.29 Å². The highest BCUT2D eigenvalue weighted by Crippen LogP contribution is 2.14. The van der Waals surface area contributed by atoms with Gasteiger partial charge in [-0.05, 0) is 25.6 Å². The van der Waals surface area contributed by atoms with Crippen LogP contribution in [0.4, 0.5) is 0 Å². The summed E-state index contributed by atoms with van der Waals surface area (Å²) in [7, 11) is 3.47. The summed E-state index contributed by atoms with van der Waals surface area (Å²) in [5.74, 6) is -0.220. The molecule has 0 aliphatic carbocycles. The summed E-state index contributed by atoms with van der Waals surface area (Å²) in [6.45, 7) is 6.12. The predicted octanol–water partition coefficient (Wildman–Crippen LogP) is 1.82. The molecule has 1 N–H and O–H groups in total. The van der Waals surface area contributed by atoms with Gasteiger partial charge in [-0.1, -0.05) is 18.7 Å². The van der Waals surface area contributed by atoms with E-state index in [0.29, 0.717) is 29.7 Å². The Kier molecular flexibility index (Phi) is 4.80. The maximum atomic E-state index is 12.2. The Morgan fingerprint density at radius 1 is 1.50 bits per heavy atom. The van der Waals surface area contributed by atoms with Crippen LogP contribution in [0.1, 0.15) is 33.2 Å². The maximum Gasteiger partial charge on any atom is 0.258 e. The summed E-state index contributed by atoms with van der Waals surface area (Å²) in [4.78, 5) is 24.6. The van der Waals surface area contributed by atoms with E-state index in [0.717, 1.165) is 5.56 Å². The largest absolute Gasteiger partial charge is 0.316 e. The molecular weight excluding hydrogens is 228 g/mol. The molecule has 1 aromatic rings. The van der Waals surface area contributed by atoms with Gasteiger partial charge in [0, 0.05) is 24.9 Å². The fourth-order valence-electron chi connectivity index (χ4n) is 1.56. The highest BCUT2D eigenvalue weighted by Gasteiger charge is 2.16. The zero-order chi connectivity index (χ0) is 13.7. The number of carbonyl (C=O) groups excluding carboxylic acids is 2. The van der Waals surface area contributed by atoms with Crippen molar-refractivity contribution in [3.05, 3.63) is 47.2 Å². The summed E-state index contributed by atoms with van der Waals surface area (Å²) in [6, 6.07) is 5.24. The minimum atomic E-state index is -0.220. The first-order chi connectivity index (χ1) is 8.51. The van der Waals surface area contributed by atoms with Gasteiger partial charge >= 0.3 is 0 Å². The molecular formula is C14H18N2O2. The lowest BCUT2D eigenvalue weighted by atomic mass is 10.0. The monoisotopic (exact) mass is 246 g/mol. The van der Waals surface area contributed by atoms with Crippen LogP contribution < -0.4 is 5.32 Å². The van der Waals surface area contributed by atoms with E-state index in [2.05, 4.69) is 11.9 Å². The second-order valence-corrected chi connectivity index (χ2v) is 4.17. The molecule has 0 radical (unpaired) electrons. The molecule has 0 aliphatic heterocycles. The smallest absolute Gasteiger partial charge is 0.258 e. The number of hydrogen-bond acceptors (Lipinski definition) is 3. The van der Waals surface area contributed by atoms with Crippen molar-refractivity contribution in [3.63, 3.8) is 0 Å². The first kappa shape index (κ1) is 14.1. The quantitative estimate of drug-likeness (QED) is 0.806. The summed E-state index contributed by atoms with van der Waals surface area (Å²) in [5.41, 5.74) is 2.40. The lowest BCUT2D eigenvalue weighted by molar-refractivity contribution is 0.0833. The second kappa shape index (κ2) is 6.12. The van der Waals surface area contributed by atoms with Crippen molar-refractivity contribution in [2.24, 2.45) is 0 Å². The van der Waals surface area contributed by atoms with Crippen LogP contribution in [0.3, 0.4) is 0 Å². The number of benzene rings is 1. The molecule has 1 rings (SSSR count). The molecule has 0 heterocycles. The molecule has 0 aromatic heterocycles. The Bertz CT molecular complexity index is 481. The molecule has 96 valence electrons. The van der Waals surface area contributed by atoms with Crippen molar-refractivity contribution in [2.75, 3.05) is 14.1 Å². The van der Waals surface area contributed by atoms with Crippen molar-refractivity contribution >= 4 is 12.2 Å². The minimum absolute atomic E-state index is 0.220. The van der Waals surface area contributed by atoms with E-state index >= 15 is 0 Å². The molecule has 0 bridgehead atoms. The summed E-state index contributed by atoms with van der Waals surface area (Å²) in [5, 5.41) is 3.01. The molecule has 0 saturated carbocycles. The summed E-state index contributed by atoms with van der Waals surface area (Å²) in [6.07, 6.45) is 0.697. The number of nitrogens with one attached hydrogen (secondary N) is 1. The number of amides is 1. The van der Waals surface area contributed by atoms with Crippen molar-refractivity contribution in [3.8, 4) is 0 Å². The van der Waals surface area contributed by atoms with Crippen molar-refractivity contribution < 1.29 is 9.59 Å². The molecule has 0 saturated heterocycles. The Morgan fingerprint density at radius 2 is 2.17 bits per heavy atom. The standard InChI is InChI=1S/C14H18N2O2/c1-10(2)16(4)14(18)13-7-11(8-15-3)5-6-12(13)9-17/h5-7,9,15H,1,8H2,2-4H3. The zero-order valence-electron chi connectivity index (χ0n) is 11.0. The third-order valence-electron chi connectivity index (χ3n) is 2.73. The Balaban J connectivity index is 3.19. The average molecular weight is 246 g/mol. The molecule has 1 amide bonds. The van der Waals surface area contributed by atoms with Gasteiger partial charge in [-0.2, -0.15) is 0 Å². The summed E-state index contributed by atoms with van der Waals surface area (Å²) >= 11 is 0. The van der Waals surface area contributed by atoms with Crippen LogP contribution in [0.5, 0.6) is 0 Å². The third-order valence-corrected chi connectivity index (χ3v) is 2.73. The predicted molar refractivity (Wildman–Crippen MR) is 71.5 cm³/mol. The average Bonchev–Trinajstić information content (AvgIpc) is 2.37. The van der Waals surface area contributed by atoms with Crippen LogP contribution in [0.15, 0.2) is 30.5 Å². The normalized spacial score (nSPS) is 9.94. The molecule has 4 nitrogen and oxygen atoms in total. The van der Waals surface area contributed by atoms with E-state index in [1.165, 1.54) is 4.90 Å². The SMILES string of the molecule is C=C(C)N(C)C(=O)c1cc(CNC)ccc1C=O. The van der Waals surface area contributed by atoms with Crippen LogP contribution in [0.25, 0.3) is 0 Å². The van der Waals surface area contributed by atoms with Crippen LogP contribution >= 0.6 is 0 Å². The van der Waals surface area contributed by atoms with Crippen LogP contribution in [0, 0.1) is 0 Å². The highest BCUT2D eigenvalue weighted by molar-refractivity contribution is 6.02. The van der Waals surface area contributed by atoms with Crippen LogP contribution in [-0.2, 0) is 6.54 Å². The molecule has 18 heavy (non-hydrogen) atoms. The van der Waals surface area contributed by atoms with E-state index in [1.54, 1.807) is 26.1 Å². The summed E-state index contributed by atoms with van der Waals surface area (Å²) < 4.78 is 0. The van der Waals surface area contributed by atoms with Crippen LogP contribution in [-0.4, -0.2) is 31.2 Å². The lowest BCUT2D eigenvalue weighted by Crippen LogP contribution is -2.25. The minimum Gasteiger partial charge on any atom is -0.316 e. The van der Waals surface area contributed by atoms with Gasteiger partial charge in [-0.15, -0.1) is 0 Å². The number of aldehydes is 1. The van der Waals surface area contributed by atoms with Crippen LogP contribution in [0.2, 0.25) is 0 Å². The van der Waals surface area contributed by atoms with E-state index in [1.807, 2.05) is 13.1 Å². The van der Waals surface area contributed by atoms with Gasteiger partial charge in [0.2, 0.25) is 0 Å². The fraction of sp³-hybridized carbons (Fsp3) is 0.286. The molecule has 1 aromatic carbocycles. The first-order valence-electron chi connectivity index (χ1n) is 5.67. The number of carbonyl (C=O) groups is 2. The van der Waals surface area contributed by atoms with E-state index in [4.69, 9.17) is 0 Å². The van der Waals surface area contributed by atoms with Gasteiger partial charge in [-0.3, -0.25) is 9.59 Å². The van der Waals surface area contributed by atoms with Gasteiger partial charge < -0.3 is 10.2 Å². The molecule has 0 spiro atoms. The first-order valence-corrected chi connectivity index (χ1v) is 5.67. The van der Waals surface area contributed by atoms with Gasteiger partial charge in [0.1, 0.15) is 0 Å². The number of rotatable bonds is 5. The Hall–Kier alpha value is -1.94. The lowest BCUT2D eigenvalue weighted by Gasteiger charge is -2.18. The van der Waals surface area contributed by atoms with Crippen molar-refractivity contribution in [2.45, 2.75) is 13.5 Å². The van der Waals surface area contributed by atoms with Crippen molar-refractivity contribution in [1.29, 1.82) is 0 Å². The van der Waals surface area contributed by atoms with Gasteiger partial charge in [0.25, 0.3) is 5.91 Å².